The molecule has 1 amide bonds. The number of hydrogen-bond donors (Lipinski definition) is 2. The molecule has 0 saturated carbocycles. The lowest BCUT2D eigenvalue weighted by atomic mass is 10.1. The van der Waals surface area contributed by atoms with Gasteiger partial charge in [-0.3, -0.25) is 4.79 Å². The highest BCUT2D eigenvalue weighted by Crippen LogP contribution is 2.27. The van der Waals surface area contributed by atoms with Gasteiger partial charge in [-0.25, -0.2) is 0 Å². The molecule has 5 heteroatoms. The summed E-state index contributed by atoms with van der Waals surface area (Å²) < 4.78 is 5.09. The maximum Gasteiger partial charge on any atom is 0.239 e. The van der Waals surface area contributed by atoms with Crippen molar-refractivity contribution in [3.05, 3.63) is 59.1 Å². The molecule has 4 nitrogen and oxygen atoms in total. The summed E-state index contributed by atoms with van der Waals surface area (Å²) in [7, 11) is 1.56. The molecule has 2 aromatic carbocycles. The Bertz CT molecular complexity index is 632. The number of anilines is 1. The summed E-state index contributed by atoms with van der Waals surface area (Å²) in [5.74, 6) is 0.526. The first-order valence-corrected chi connectivity index (χ1v) is 7.39. The molecule has 1 atom stereocenters. The lowest BCUT2D eigenvalue weighted by Gasteiger charge is -2.15. The average Bonchev–Trinajstić information content (AvgIpc) is 2.54. The molecule has 0 spiro atoms. The van der Waals surface area contributed by atoms with E-state index in [1.165, 1.54) is 0 Å². The lowest BCUT2D eigenvalue weighted by Crippen LogP contribution is -2.32. The van der Waals surface area contributed by atoms with Gasteiger partial charge in [0, 0.05) is 5.69 Å². The van der Waals surface area contributed by atoms with Crippen LogP contribution in [0.3, 0.4) is 0 Å². The number of amides is 1. The van der Waals surface area contributed by atoms with E-state index in [0.29, 0.717) is 10.8 Å². The summed E-state index contributed by atoms with van der Waals surface area (Å²) in [6.07, 6.45) is 0. The highest BCUT2D eigenvalue weighted by molar-refractivity contribution is 6.32. The Morgan fingerprint density at radius 3 is 2.59 bits per heavy atom. The van der Waals surface area contributed by atoms with Gasteiger partial charge >= 0.3 is 0 Å². The number of carbonyl (C=O) groups is 1. The Morgan fingerprint density at radius 2 is 1.95 bits per heavy atom. The van der Waals surface area contributed by atoms with E-state index >= 15 is 0 Å². The molecule has 116 valence electrons. The summed E-state index contributed by atoms with van der Waals surface area (Å²) in [6.45, 7) is 2.14. The van der Waals surface area contributed by atoms with Gasteiger partial charge in [-0.2, -0.15) is 0 Å². The molecular formula is C17H19ClN2O2. The third-order valence-electron chi connectivity index (χ3n) is 3.28. The maximum atomic E-state index is 12.0. The fourth-order valence-electron chi connectivity index (χ4n) is 2.08. The fraction of sp³-hybridized carbons (Fsp3) is 0.235. The fourth-order valence-corrected chi connectivity index (χ4v) is 2.33. The second-order valence-electron chi connectivity index (χ2n) is 4.90. The third kappa shape index (κ3) is 4.40. The van der Waals surface area contributed by atoms with E-state index in [2.05, 4.69) is 10.6 Å². The first kappa shape index (κ1) is 16.2. The van der Waals surface area contributed by atoms with Crippen molar-refractivity contribution in [2.75, 3.05) is 19.0 Å². The highest BCUT2D eigenvalue weighted by Gasteiger charge is 2.09. The molecule has 0 aliphatic heterocycles. The number of ether oxygens (including phenoxy) is 1. The van der Waals surface area contributed by atoms with Crippen LogP contribution in [0.5, 0.6) is 5.75 Å². The zero-order chi connectivity index (χ0) is 15.9. The van der Waals surface area contributed by atoms with Crippen molar-refractivity contribution in [1.82, 2.24) is 5.32 Å². The number of carbonyl (C=O) groups excluding carboxylic acids is 1. The lowest BCUT2D eigenvalue weighted by molar-refractivity contribution is -0.120. The van der Waals surface area contributed by atoms with Crippen LogP contribution < -0.4 is 15.4 Å². The van der Waals surface area contributed by atoms with Gasteiger partial charge < -0.3 is 15.4 Å². The third-order valence-corrected chi connectivity index (χ3v) is 3.58. The molecule has 0 heterocycles. The molecule has 0 fully saturated rings. The molecule has 0 bridgehead atoms. The van der Waals surface area contributed by atoms with Gasteiger partial charge in [-0.1, -0.05) is 41.9 Å². The summed E-state index contributed by atoms with van der Waals surface area (Å²) in [5, 5.41) is 6.49. The molecule has 0 saturated heterocycles. The van der Waals surface area contributed by atoms with Gasteiger partial charge in [0.25, 0.3) is 0 Å². The summed E-state index contributed by atoms with van der Waals surface area (Å²) in [6, 6.07) is 15.1. The van der Waals surface area contributed by atoms with Crippen LogP contribution in [0.4, 0.5) is 5.69 Å². The minimum atomic E-state index is -0.0803. The molecule has 0 aliphatic rings. The molecule has 0 radical (unpaired) electrons. The van der Waals surface area contributed by atoms with Crippen LogP contribution in [0.15, 0.2) is 48.5 Å². The van der Waals surface area contributed by atoms with Crippen LogP contribution in [0.1, 0.15) is 18.5 Å². The minimum Gasteiger partial charge on any atom is -0.495 e. The second kappa shape index (κ2) is 7.71. The van der Waals surface area contributed by atoms with E-state index in [-0.39, 0.29) is 18.5 Å². The molecule has 2 rings (SSSR count). The number of rotatable bonds is 6. The smallest absolute Gasteiger partial charge is 0.239 e. The predicted octanol–water partition coefficient (Wildman–Crippen LogP) is 3.64. The zero-order valence-electron chi connectivity index (χ0n) is 12.6. The van der Waals surface area contributed by atoms with Gasteiger partial charge in [-0.15, -0.1) is 0 Å². The van der Waals surface area contributed by atoms with Crippen molar-refractivity contribution in [1.29, 1.82) is 0 Å². The van der Waals surface area contributed by atoms with Crippen molar-refractivity contribution >= 4 is 23.2 Å². The monoisotopic (exact) mass is 318 g/mol. The molecule has 0 aromatic heterocycles. The summed E-state index contributed by atoms with van der Waals surface area (Å²) in [5.41, 5.74) is 1.84. The Hall–Kier alpha value is -2.20. The van der Waals surface area contributed by atoms with Crippen molar-refractivity contribution in [3.8, 4) is 5.75 Å². The SMILES string of the molecule is COc1ccc(NCC(=O)N[C@H](C)c2ccccc2)cc1Cl. The van der Waals surface area contributed by atoms with Gasteiger partial charge in [0.1, 0.15) is 5.75 Å². The molecule has 2 N–H and O–H groups in total. The maximum absolute atomic E-state index is 12.0. The van der Waals surface area contributed by atoms with Crippen molar-refractivity contribution in [2.45, 2.75) is 13.0 Å². The first-order chi connectivity index (χ1) is 10.6. The second-order valence-corrected chi connectivity index (χ2v) is 5.31. The van der Waals surface area contributed by atoms with Crippen molar-refractivity contribution < 1.29 is 9.53 Å². The van der Waals surface area contributed by atoms with Crippen LogP contribution >= 0.6 is 11.6 Å². The molecule has 0 aliphatic carbocycles. The van der Waals surface area contributed by atoms with Crippen LogP contribution in [-0.2, 0) is 4.79 Å². The number of benzene rings is 2. The van der Waals surface area contributed by atoms with Crippen molar-refractivity contribution in [2.24, 2.45) is 0 Å². The molecule has 0 unspecified atom stereocenters. The number of nitrogens with one attached hydrogen (secondary N) is 2. The highest BCUT2D eigenvalue weighted by atomic mass is 35.5. The van der Waals surface area contributed by atoms with Crippen molar-refractivity contribution in [3.63, 3.8) is 0 Å². The first-order valence-electron chi connectivity index (χ1n) is 7.02. The summed E-state index contributed by atoms with van der Waals surface area (Å²) in [4.78, 5) is 12.0. The quantitative estimate of drug-likeness (QED) is 0.855. The van der Waals surface area contributed by atoms with Crippen LogP contribution in [0.25, 0.3) is 0 Å². The largest absolute Gasteiger partial charge is 0.495 e. The van der Waals surface area contributed by atoms with Gasteiger partial charge in [-0.05, 0) is 30.7 Å². The molecule has 22 heavy (non-hydrogen) atoms. The Balaban J connectivity index is 1.86. The normalized spacial score (nSPS) is 11.6. The van der Waals surface area contributed by atoms with Crippen LogP contribution in [0.2, 0.25) is 5.02 Å². The standard InChI is InChI=1S/C17H19ClN2O2/c1-12(13-6-4-3-5-7-13)20-17(21)11-19-14-8-9-16(22-2)15(18)10-14/h3-10,12,19H,11H2,1-2H3,(H,20,21)/t12-/m1/s1. The zero-order valence-corrected chi connectivity index (χ0v) is 13.4. The number of halogens is 1. The van der Waals surface area contributed by atoms with E-state index in [1.807, 2.05) is 43.3 Å². The Kier molecular flexibility index (Phi) is 5.67. The van der Waals surface area contributed by atoms with E-state index in [1.54, 1.807) is 19.2 Å². The molecular weight excluding hydrogens is 300 g/mol. The number of hydrogen-bond acceptors (Lipinski definition) is 3. The van der Waals surface area contributed by atoms with E-state index in [9.17, 15) is 4.79 Å². The van der Waals surface area contributed by atoms with Gasteiger partial charge in [0.15, 0.2) is 0 Å². The van der Waals surface area contributed by atoms with Gasteiger partial charge in [0.2, 0.25) is 5.91 Å². The van der Waals surface area contributed by atoms with Crippen LogP contribution in [0, 0.1) is 0 Å². The van der Waals surface area contributed by atoms with E-state index in [4.69, 9.17) is 16.3 Å². The Labute approximate surface area is 135 Å². The van der Waals surface area contributed by atoms with Crippen LogP contribution in [-0.4, -0.2) is 19.6 Å². The van der Waals surface area contributed by atoms with E-state index < -0.39 is 0 Å². The predicted molar refractivity (Wildman–Crippen MR) is 89.5 cm³/mol. The Morgan fingerprint density at radius 1 is 1.23 bits per heavy atom. The number of methoxy groups -OCH3 is 1. The molecule has 2 aromatic rings. The summed E-state index contributed by atoms with van der Waals surface area (Å²) >= 11 is 6.04. The minimum absolute atomic E-state index is 0.0324. The average molecular weight is 319 g/mol. The van der Waals surface area contributed by atoms with E-state index in [0.717, 1.165) is 11.3 Å². The topological polar surface area (TPSA) is 50.4 Å². The van der Waals surface area contributed by atoms with Gasteiger partial charge in [0.05, 0.1) is 24.7 Å².